The van der Waals surface area contributed by atoms with Gasteiger partial charge >= 0.3 is 11.9 Å². The quantitative estimate of drug-likeness (QED) is 0.0388. The Bertz CT molecular complexity index is 2390. The zero-order chi connectivity index (χ0) is 44.3. The molecule has 63 heavy (non-hydrogen) atoms. The Balaban J connectivity index is 1.16. The van der Waals surface area contributed by atoms with Crippen molar-refractivity contribution in [2.75, 3.05) is 39.6 Å². The lowest BCUT2D eigenvalue weighted by Gasteiger charge is -2.36. The molecule has 0 fully saturated rings. The summed E-state index contributed by atoms with van der Waals surface area (Å²) in [6.07, 6.45) is -0.0730. The molecule has 0 saturated carbocycles. The standard InChI is InChI=1S/C53H54O10/c1-5-51(56)62-35(3)47(54)33-58-29-15-31-60-49-27-13-19-39-41(49)21-11-25-45(39)53(43-23-9-7-17-37(43)38-18-8-10-24-44(38)53)46-26-12-22-42-40(46)20-14-28-50(42)61-32-16-30-59-34-48(55)36(4)63-52(57)6-2/h5-14,17-28,35-36,47-48,54-55H,1-2,15-16,29-34H2,3-4H3. The van der Waals surface area contributed by atoms with Crippen LogP contribution in [-0.4, -0.2) is 86.2 Å². The first kappa shape index (κ1) is 44.7. The Hall–Kier alpha value is -6.30. The van der Waals surface area contributed by atoms with Crippen LogP contribution in [0.5, 0.6) is 11.5 Å². The molecule has 0 heterocycles. The Morgan fingerprint density at radius 2 is 0.905 bits per heavy atom. The molecule has 4 atom stereocenters. The highest BCUT2D eigenvalue weighted by atomic mass is 16.6. The molecule has 10 heteroatoms. The average Bonchev–Trinajstić information content (AvgIpc) is 3.61. The number of rotatable bonds is 22. The molecule has 10 nitrogen and oxygen atoms in total. The van der Waals surface area contributed by atoms with Crippen molar-refractivity contribution < 1.29 is 48.2 Å². The Labute approximate surface area is 368 Å². The summed E-state index contributed by atoms with van der Waals surface area (Å²) in [7, 11) is 0. The second kappa shape index (κ2) is 20.7. The van der Waals surface area contributed by atoms with Crippen molar-refractivity contribution in [1.82, 2.24) is 0 Å². The van der Waals surface area contributed by atoms with E-state index in [1.54, 1.807) is 13.8 Å². The summed E-state index contributed by atoms with van der Waals surface area (Å²) in [5.41, 5.74) is 6.25. The highest BCUT2D eigenvalue weighted by Crippen LogP contribution is 2.58. The van der Waals surface area contributed by atoms with Crippen LogP contribution >= 0.6 is 0 Å². The van der Waals surface area contributed by atoms with E-state index in [0.29, 0.717) is 39.3 Å². The van der Waals surface area contributed by atoms with Gasteiger partial charge in [0.15, 0.2) is 0 Å². The van der Waals surface area contributed by atoms with Gasteiger partial charge in [0.2, 0.25) is 0 Å². The molecule has 0 aromatic heterocycles. The van der Waals surface area contributed by atoms with Crippen LogP contribution in [0.4, 0.5) is 0 Å². The normalized spacial score (nSPS) is 14.5. The fourth-order valence-corrected chi connectivity index (χ4v) is 8.41. The van der Waals surface area contributed by atoms with E-state index < -0.39 is 41.8 Å². The number of hydrogen-bond donors (Lipinski definition) is 2. The summed E-state index contributed by atoms with van der Waals surface area (Å²) in [5.74, 6) is 0.327. The number of aliphatic hydroxyl groups excluding tert-OH is 2. The van der Waals surface area contributed by atoms with E-state index in [1.165, 1.54) is 22.3 Å². The molecule has 1 aliphatic carbocycles. The van der Waals surface area contributed by atoms with Crippen LogP contribution in [0.2, 0.25) is 0 Å². The first-order valence-electron chi connectivity index (χ1n) is 21.4. The lowest BCUT2D eigenvalue weighted by Crippen LogP contribution is -2.32. The number of aliphatic hydroxyl groups is 2. The molecule has 0 aliphatic heterocycles. The minimum absolute atomic E-state index is 0.0232. The monoisotopic (exact) mass is 850 g/mol. The minimum Gasteiger partial charge on any atom is -0.493 e. The topological polar surface area (TPSA) is 130 Å². The van der Waals surface area contributed by atoms with Crippen molar-refractivity contribution in [2.24, 2.45) is 0 Å². The van der Waals surface area contributed by atoms with E-state index in [-0.39, 0.29) is 13.2 Å². The van der Waals surface area contributed by atoms with Crippen molar-refractivity contribution in [3.63, 3.8) is 0 Å². The molecular formula is C53H54O10. The van der Waals surface area contributed by atoms with Crippen LogP contribution < -0.4 is 9.47 Å². The molecule has 6 aromatic rings. The van der Waals surface area contributed by atoms with Gasteiger partial charge < -0.3 is 38.6 Å². The Morgan fingerprint density at radius 3 is 1.33 bits per heavy atom. The van der Waals surface area contributed by atoms with Gasteiger partial charge in [0, 0.05) is 49.0 Å². The van der Waals surface area contributed by atoms with Crippen LogP contribution in [0.25, 0.3) is 32.7 Å². The zero-order valence-electron chi connectivity index (χ0n) is 35.7. The van der Waals surface area contributed by atoms with E-state index in [9.17, 15) is 19.8 Å². The van der Waals surface area contributed by atoms with Crippen molar-refractivity contribution in [2.45, 2.75) is 56.5 Å². The SMILES string of the molecule is C=CC(=O)OC(C)C(O)COCCCOc1cccc2c(C3(c4cccc5c(OCCCOCC(O)C(C)OC(=O)C=C)cccc45)c4ccccc4-c4ccccc43)cccc12. The van der Waals surface area contributed by atoms with Gasteiger partial charge in [0.25, 0.3) is 0 Å². The molecule has 0 radical (unpaired) electrons. The molecule has 0 spiro atoms. The summed E-state index contributed by atoms with van der Waals surface area (Å²) in [6, 6.07) is 42.6. The third-order valence-electron chi connectivity index (χ3n) is 11.5. The third-order valence-corrected chi connectivity index (χ3v) is 11.5. The number of carbonyl (C=O) groups excluding carboxylic acids is 2. The van der Waals surface area contributed by atoms with Crippen LogP contribution in [0.15, 0.2) is 147 Å². The van der Waals surface area contributed by atoms with Gasteiger partial charge in [0.05, 0.1) is 31.8 Å². The summed E-state index contributed by atoms with van der Waals surface area (Å²) < 4.78 is 34.5. The molecule has 0 amide bonds. The molecule has 326 valence electrons. The first-order valence-corrected chi connectivity index (χ1v) is 21.4. The maximum Gasteiger partial charge on any atom is 0.330 e. The van der Waals surface area contributed by atoms with Crippen LogP contribution in [-0.2, 0) is 34.0 Å². The van der Waals surface area contributed by atoms with Crippen molar-refractivity contribution in [3.8, 4) is 22.6 Å². The average molecular weight is 851 g/mol. The fourth-order valence-electron chi connectivity index (χ4n) is 8.41. The van der Waals surface area contributed by atoms with Gasteiger partial charge in [-0.15, -0.1) is 0 Å². The molecule has 2 N–H and O–H groups in total. The highest BCUT2D eigenvalue weighted by Gasteiger charge is 2.47. The van der Waals surface area contributed by atoms with Crippen LogP contribution in [0.3, 0.4) is 0 Å². The fraction of sp³-hybridized carbons (Fsp3) is 0.283. The van der Waals surface area contributed by atoms with Gasteiger partial charge in [-0.1, -0.05) is 122 Å². The second-order valence-corrected chi connectivity index (χ2v) is 15.5. The number of ether oxygens (including phenoxy) is 6. The maximum atomic E-state index is 11.5. The summed E-state index contributed by atoms with van der Waals surface area (Å²) in [5, 5.41) is 24.8. The molecule has 0 saturated heterocycles. The number of hydrogen-bond acceptors (Lipinski definition) is 10. The predicted molar refractivity (Wildman–Crippen MR) is 244 cm³/mol. The van der Waals surface area contributed by atoms with Crippen molar-refractivity contribution >= 4 is 33.5 Å². The van der Waals surface area contributed by atoms with E-state index in [0.717, 1.165) is 56.3 Å². The minimum atomic E-state index is -0.962. The van der Waals surface area contributed by atoms with Gasteiger partial charge in [-0.3, -0.25) is 0 Å². The third kappa shape index (κ3) is 9.55. The van der Waals surface area contributed by atoms with Gasteiger partial charge in [-0.2, -0.15) is 0 Å². The van der Waals surface area contributed by atoms with Crippen LogP contribution in [0.1, 0.15) is 48.9 Å². The van der Waals surface area contributed by atoms with E-state index in [4.69, 9.17) is 28.4 Å². The lowest BCUT2D eigenvalue weighted by molar-refractivity contribution is -0.150. The number of benzene rings is 6. The van der Waals surface area contributed by atoms with Gasteiger partial charge in [-0.05, 0) is 70.1 Å². The summed E-state index contributed by atoms with van der Waals surface area (Å²) >= 11 is 0. The molecular weight excluding hydrogens is 797 g/mol. The second-order valence-electron chi connectivity index (χ2n) is 15.5. The highest BCUT2D eigenvalue weighted by molar-refractivity contribution is 6.01. The van der Waals surface area contributed by atoms with Crippen molar-refractivity contribution in [3.05, 3.63) is 169 Å². The summed E-state index contributed by atoms with van der Waals surface area (Å²) in [4.78, 5) is 23.0. The van der Waals surface area contributed by atoms with E-state index in [2.05, 4.69) is 110 Å². The predicted octanol–water partition coefficient (Wildman–Crippen LogP) is 8.88. The first-order chi connectivity index (χ1) is 30.7. The van der Waals surface area contributed by atoms with Gasteiger partial charge in [0.1, 0.15) is 35.9 Å². The Kier molecular flexibility index (Phi) is 14.7. The van der Waals surface area contributed by atoms with E-state index in [1.807, 2.05) is 24.3 Å². The molecule has 0 bridgehead atoms. The molecule has 4 unspecified atom stereocenters. The molecule has 7 rings (SSSR count). The molecule has 6 aromatic carbocycles. The number of carbonyl (C=O) groups is 2. The molecule has 1 aliphatic rings. The largest absolute Gasteiger partial charge is 0.493 e. The van der Waals surface area contributed by atoms with E-state index >= 15 is 0 Å². The summed E-state index contributed by atoms with van der Waals surface area (Å²) in [6.45, 7) is 11.5. The Morgan fingerprint density at radius 1 is 0.524 bits per heavy atom. The number of esters is 2. The van der Waals surface area contributed by atoms with Crippen LogP contribution in [0, 0.1) is 0 Å². The zero-order valence-corrected chi connectivity index (χ0v) is 35.7. The smallest absolute Gasteiger partial charge is 0.330 e. The van der Waals surface area contributed by atoms with Gasteiger partial charge in [-0.25, -0.2) is 9.59 Å². The van der Waals surface area contributed by atoms with Crippen molar-refractivity contribution in [1.29, 1.82) is 0 Å². The maximum absolute atomic E-state index is 11.5. The lowest BCUT2D eigenvalue weighted by atomic mass is 9.65. The number of fused-ring (bicyclic) bond motifs is 5.